The van der Waals surface area contributed by atoms with Gasteiger partial charge in [-0.3, -0.25) is 0 Å². The van der Waals surface area contributed by atoms with Crippen LogP contribution in [-0.4, -0.2) is 19.6 Å². The third kappa shape index (κ3) is 3.64. The molecule has 3 rings (SSSR count). The van der Waals surface area contributed by atoms with Gasteiger partial charge >= 0.3 is 0 Å². The number of hydrogen-bond acceptors (Lipinski definition) is 2. The molecule has 0 radical (unpaired) electrons. The lowest BCUT2D eigenvalue weighted by molar-refractivity contribution is 0.638. The zero-order chi connectivity index (χ0) is 14.5. The average Bonchev–Trinajstić information content (AvgIpc) is 2.90. The molecule has 0 amide bonds. The van der Waals surface area contributed by atoms with Gasteiger partial charge in [-0.1, -0.05) is 48.0 Å². The molecule has 0 bridgehead atoms. The van der Waals surface area contributed by atoms with Gasteiger partial charge in [0.1, 0.15) is 0 Å². The van der Waals surface area contributed by atoms with Crippen LogP contribution in [0.4, 0.5) is 5.69 Å². The van der Waals surface area contributed by atoms with Gasteiger partial charge < -0.3 is 10.2 Å². The molecule has 0 unspecified atom stereocenters. The van der Waals surface area contributed by atoms with Crippen LogP contribution in [0.5, 0.6) is 0 Å². The molecule has 0 spiro atoms. The molecule has 0 saturated heterocycles. The largest absolute Gasteiger partial charge is 0.371 e. The van der Waals surface area contributed by atoms with E-state index in [1.807, 2.05) is 0 Å². The van der Waals surface area contributed by atoms with Crippen LogP contribution in [0.2, 0.25) is 0 Å². The Morgan fingerprint density at radius 3 is 2.90 bits per heavy atom. The second-order valence-electron chi connectivity index (χ2n) is 5.89. The summed E-state index contributed by atoms with van der Waals surface area (Å²) in [6.07, 6.45) is 2.40. The van der Waals surface area contributed by atoms with Crippen LogP contribution in [0.3, 0.4) is 0 Å². The molecule has 2 aromatic rings. The van der Waals surface area contributed by atoms with Gasteiger partial charge in [0.15, 0.2) is 0 Å². The minimum absolute atomic E-state index is 0.971. The van der Waals surface area contributed by atoms with Crippen LogP contribution in [0, 0.1) is 6.92 Å². The molecule has 2 heteroatoms. The van der Waals surface area contributed by atoms with E-state index in [9.17, 15) is 0 Å². The summed E-state index contributed by atoms with van der Waals surface area (Å²) >= 11 is 0. The van der Waals surface area contributed by atoms with Crippen molar-refractivity contribution in [1.82, 2.24) is 5.32 Å². The van der Waals surface area contributed by atoms with Gasteiger partial charge in [-0.25, -0.2) is 0 Å². The van der Waals surface area contributed by atoms with E-state index in [-0.39, 0.29) is 0 Å². The Morgan fingerprint density at radius 2 is 2.00 bits per heavy atom. The molecule has 1 N–H and O–H groups in total. The predicted octanol–water partition coefficient (Wildman–Crippen LogP) is 3.54. The number of aryl methyl sites for hydroxylation is 1. The number of para-hydroxylation sites is 1. The van der Waals surface area contributed by atoms with Gasteiger partial charge in [-0.2, -0.15) is 0 Å². The first-order valence-corrected chi connectivity index (χ1v) is 7.92. The Labute approximate surface area is 127 Å². The van der Waals surface area contributed by atoms with E-state index in [2.05, 4.69) is 65.7 Å². The van der Waals surface area contributed by atoms with Crippen LogP contribution in [0.15, 0.2) is 48.5 Å². The standard InChI is InChI=1S/C19H24N2/c1-16-6-4-7-17(14-16)15-20-11-5-12-21-13-10-18-8-2-3-9-19(18)21/h2-4,6-9,14,20H,5,10-13,15H2,1H3. The molecular formula is C19H24N2. The maximum Gasteiger partial charge on any atom is 0.0399 e. The molecule has 0 atom stereocenters. The Balaban J connectivity index is 1.40. The molecule has 0 aliphatic carbocycles. The van der Waals surface area contributed by atoms with Gasteiger partial charge in [0.05, 0.1) is 0 Å². The van der Waals surface area contributed by atoms with Crippen LogP contribution in [0.25, 0.3) is 0 Å². The maximum atomic E-state index is 3.55. The Morgan fingerprint density at radius 1 is 1.10 bits per heavy atom. The van der Waals surface area contributed by atoms with Crippen LogP contribution in [-0.2, 0) is 13.0 Å². The number of anilines is 1. The molecule has 1 heterocycles. The lowest BCUT2D eigenvalue weighted by Crippen LogP contribution is -2.25. The summed E-state index contributed by atoms with van der Waals surface area (Å²) in [4.78, 5) is 2.52. The third-order valence-electron chi connectivity index (χ3n) is 4.18. The molecule has 2 aromatic carbocycles. The van der Waals surface area contributed by atoms with Crippen LogP contribution >= 0.6 is 0 Å². The summed E-state index contributed by atoms with van der Waals surface area (Å²) < 4.78 is 0. The highest BCUT2D eigenvalue weighted by Gasteiger charge is 2.16. The van der Waals surface area contributed by atoms with E-state index < -0.39 is 0 Å². The lowest BCUT2D eigenvalue weighted by Gasteiger charge is -2.19. The first-order valence-electron chi connectivity index (χ1n) is 7.92. The zero-order valence-electron chi connectivity index (χ0n) is 12.8. The Bertz CT molecular complexity index is 592. The first kappa shape index (κ1) is 14.2. The van der Waals surface area contributed by atoms with Gasteiger partial charge in [-0.05, 0) is 43.5 Å². The lowest BCUT2D eigenvalue weighted by atomic mass is 10.1. The van der Waals surface area contributed by atoms with Crippen LogP contribution in [0.1, 0.15) is 23.1 Å². The van der Waals surface area contributed by atoms with E-state index in [1.165, 1.54) is 41.8 Å². The van der Waals surface area contributed by atoms with Crippen molar-refractivity contribution >= 4 is 5.69 Å². The molecule has 0 saturated carbocycles. The summed E-state index contributed by atoms with van der Waals surface area (Å²) in [5, 5.41) is 3.55. The SMILES string of the molecule is Cc1cccc(CNCCCN2CCc3ccccc32)c1. The van der Waals surface area contributed by atoms with Crippen molar-refractivity contribution in [1.29, 1.82) is 0 Å². The molecule has 1 aliphatic rings. The number of fused-ring (bicyclic) bond motifs is 1. The molecule has 1 aliphatic heterocycles. The summed E-state index contributed by atoms with van der Waals surface area (Å²) in [5.74, 6) is 0. The van der Waals surface area contributed by atoms with Gasteiger partial charge in [0.25, 0.3) is 0 Å². The van der Waals surface area contributed by atoms with Crippen molar-refractivity contribution in [2.75, 3.05) is 24.5 Å². The Kier molecular flexibility index (Phi) is 4.56. The quantitative estimate of drug-likeness (QED) is 0.814. The average molecular weight is 280 g/mol. The van der Waals surface area contributed by atoms with Crippen molar-refractivity contribution in [2.24, 2.45) is 0 Å². The Hall–Kier alpha value is -1.80. The van der Waals surface area contributed by atoms with Crippen molar-refractivity contribution in [3.05, 3.63) is 65.2 Å². The maximum absolute atomic E-state index is 3.55. The van der Waals surface area contributed by atoms with E-state index in [1.54, 1.807) is 0 Å². The number of rotatable bonds is 6. The fourth-order valence-corrected chi connectivity index (χ4v) is 3.09. The van der Waals surface area contributed by atoms with Crippen molar-refractivity contribution in [3.8, 4) is 0 Å². The van der Waals surface area contributed by atoms with Gasteiger partial charge in [0.2, 0.25) is 0 Å². The fourth-order valence-electron chi connectivity index (χ4n) is 3.09. The zero-order valence-corrected chi connectivity index (χ0v) is 12.8. The highest BCUT2D eigenvalue weighted by atomic mass is 15.1. The summed E-state index contributed by atoms with van der Waals surface area (Å²) in [7, 11) is 0. The molecule has 2 nitrogen and oxygen atoms in total. The summed E-state index contributed by atoms with van der Waals surface area (Å²) in [6.45, 7) is 6.52. The topological polar surface area (TPSA) is 15.3 Å². The number of nitrogens with one attached hydrogen (secondary N) is 1. The van der Waals surface area contributed by atoms with Crippen molar-refractivity contribution in [3.63, 3.8) is 0 Å². The fraction of sp³-hybridized carbons (Fsp3) is 0.368. The second-order valence-corrected chi connectivity index (χ2v) is 5.89. The molecule has 110 valence electrons. The molecule has 21 heavy (non-hydrogen) atoms. The van der Waals surface area contributed by atoms with E-state index >= 15 is 0 Å². The first-order chi connectivity index (χ1) is 10.3. The third-order valence-corrected chi connectivity index (χ3v) is 4.18. The number of hydrogen-bond donors (Lipinski definition) is 1. The highest BCUT2D eigenvalue weighted by Crippen LogP contribution is 2.27. The normalized spacial score (nSPS) is 13.5. The van der Waals surface area contributed by atoms with E-state index in [4.69, 9.17) is 0 Å². The van der Waals surface area contributed by atoms with Gasteiger partial charge in [0, 0.05) is 25.3 Å². The van der Waals surface area contributed by atoms with Crippen molar-refractivity contribution < 1.29 is 0 Å². The van der Waals surface area contributed by atoms with E-state index in [0.717, 1.165) is 19.6 Å². The van der Waals surface area contributed by atoms with Gasteiger partial charge in [-0.15, -0.1) is 0 Å². The number of nitrogens with zero attached hydrogens (tertiary/aromatic N) is 1. The minimum atomic E-state index is 0.971. The minimum Gasteiger partial charge on any atom is -0.371 e. The highest BCUT2D eigenvalue weighted by molar-refractivity contribution is 5.57. The summed E-state index contributed by atoms with van der Waals surface area (Å²) in [5.41, 5.74) is 5.66. The monoisotopic (exact) mass is 280 g/mol. The smallest absolute Gasteiger partial charge is 0.0399 e. The summed E-state index contributed by atoms with van der Waals surface area (Å²) in [6, 6.07) is 17.5. The molecule has 0 fully saturated rings. The number of benzene rings is 2. The van der Waals surface area contributed by atoms with E-state index in [0.29, 0.717) is 0 Å². The predicted molar refractivity (Wildman–Crippen MR) is 89.9 cm³/mol. The molecular weight excluding hydrogens is 256 g/mol. The van der Waals surface area contributed by atoms with Crippen molar-refractivity contribution in [2.45, 2.75) is 26.3 Å². The molecule has 0 aromatic heterocycles. The second kappa shape index (κ2) is 6.77. The van der Waals surface area contributed by atoms with Crippen LogP contribution < -0.4 is 10.2 Å².